The quantitative estimate of drug-likeness (QED) is 0.774. The maximum Gasteiger partial charge on any atom is 0.137 e. The summed E-state index contributed by atoms with van der Waals surface area (Å²) in [7, 11) is 1.81. The third-order valence-electron chi connectivity index (χ3n) is 5.76. The van der Waals surface area contributed by atoms with Gasteiger partial charge in [-0.15, -0.1) is 0 Å². The van der Waals surface area contributed by atoms with Gasteiger partial charge in [0.15, 0.2) is 0 Å². The highest BCUT2D eigenvalue weighted by Gasteiger charge is 2.36. The van der Waals surface area contributed by atoms with E-state index in [9.17, 15) is 0 Å². The minimum absolute atomic E-state index is 0.118. The number of hydrogen-bond acceptors (Lipinski definition) is 2. The van der Waals surface area contributed by atoms with Crippen LogP contribution in [-0.2, 0) is 18.3 Å². The van der Waals surface area contributed by atoms with Gasteiger partial charge in [-0.25, -0.2) is 0 Å². The van der Waals surface area contributed by atoms with Crippen LogP contribution < -0.4 is 10.5 Å². The van der Waals surface area contributed by atoms with Crippen LogP contribution in [0, 0.1) is 0 Å². The molecule has 2 nitrogen and oxygen atoms in total. The molecular weight excluding hydrogens is 338 g/mol. The van der Waals surface area contributed by atoms with Gasteiger partial charge in [0, 0.05) is 17.5 Å². The molecule has 0 saturated heterocycles. The molecule has 0 amide bonds. The minimum atomic E-state index is 0.118. The van der Waals surface area contributed by atoms with Crippen LogP contribution in [-0.4, -0.2) is 13.7 Å². The van der Waals surface area contributed by atoms with Crippen LogP contribution in [0.25, 0.3) is 0 Å². The van der Waals surface area contributed by atoms with E-state index in [4.69, 9.17) is 10.5 Å². The van der Waals surface area contributed by atoms with Gasteiger partial charge >= 0.3 is 0 Å². The molecule has 0 bridgehead atoms. The number of rotatable bonds is 3. The number of halogens is 1. The van der Waals surface area contributed by atoms with Gasteiger partial charge in [0.25, 0.3) is 0 Å². The molecule has 2 aliphatic carbocycles. The van der Waals surface area contributed by atoms with Crippen molar-refractivity contribution >= 4 is 15.9 Å². The molecule has 3 rings (SSSR count). The van der Waals surface area contributed by atoms with Gasteiger partial charge < -0.3 is 10.5 Å². The predicted molar refractivity (Wildman–Crippen MR) is 95.8 cm³/mol. The maximum absolute atomic E-state index is 6.28. The highest BCUT2D eigenvalue weighted by Crippen LogP contribution is 2.47. The van der Waals surface area contributed by atoms with E-state index in [0.717, 1.165) is 12.3 Å². The average molecular weight is 366 g/mol. The number of benzene rings is 1. The van der Waals surface area contributed by atoms with E-state index in [1.807, 2.05) is 0 Å². The number of ether oxygens (including phenoxy) is 1. The molecule has 0 heterocycles. The lowest BCUT2D eigenvalue weighted by Gasteiger charge is -2.38. The summed E-state index contributed by atoms with van der Waals surface area (Å²) in [6.45, 7) is 0.731. The first-order chi connectivity index (χ1) is 10.7. The van der Waals surface area contributed by atoms with Crippen molar-refractivity contribution in [1.82, 2.24) is 0 Å². The van der Waals surface area contributed by atoms with Crippen LogP contribution >= 0.6 is 15.9 Å². The maximum atomic E-state index is 6.28. The Morgan fingerprint density at radius 1 is 1.09 bits per heavy atom. The Balaban J connectivity index is 2.13. The SMILES string of the molecule is COc1c(C2(CN)CCCCC2)cc2c(c1Br)CCCCC2. The first kappa shape index (κ1) is 16.3. The Morgan fingerprint density at radius 3 is 2.45 bits per heavy atom. The van der Waals surface area contributed by atoms with E-state index in [0.29, 0.717) is 0 Å². The molecule has 1 fully saturated rings. The molecule has 1 saturated carbocycles. The molecular formula is C19H28BrNO. The number of nitrogens with two attached hydrogens (primary N) is 1. The number of fused-ring (bicyclic) bond motifs is 1. The molecule has 1 aromatic carbocycles. The lowest BCUT2D eigenvalue weighted by atomic mass is 9.68. The minimum Gasteiger partial charge on any atom is -0.495 e. The second-order valence-corrected chi connectivity index (χ2v) is 7.81. The van der Waals surface area contributed by atoms with Crippen LogP contribution in [0.15, 0.2) is 10.5 Å². The zero-order valence-corrected chi connectivity index (χ0v) is 15.3. The van der Waals surface area contributed by atoms with Gasteiger partial charge in [-0.05, 0) is 65.6 Å². The van der Waals surface area contributed by atoms with Crippen molar-refractivity contribution in [2.75, 3.05) is 13.7 Å². The van der Waals surface area contributed by atoms with E-state index < -0.39 is 0 Å². The van der Waals surface area contributed by atoms with E-state index >= 15 is 0 Å². The summed E-state index contributed by atoms with van der Waals surface area (Å²) in [5.41, 5.74) is 10.8. The molecule has 1 aromatic rings. The van der Waals surface area contributed by atoms with Crippen molar-refractivity contribution < 1.29 is 4.74 Å². The van der Waals surface area contributed by atoms with Crippen LogP contribution in [0.1, 0.15) is 68.1 Å². The van der Waals surface area contributed by atoms with Crippen LogP contribution in [0.5, 0.6) is 5.75 Å². The second-order valence-electron chi connectivity index (χ2n) is 7.01. The molecule has 22 heavy (non-hydrogen) atoms. The number of hydrogen-bond donors (Lipinski definition) is 1. The first-order valence-corrected chi connectivity index (χ1v) is 9.60. The Labute approximate surface area is 142 Å². The third kappa shape index (κ3) is 2.82. The van der Waals surface area contributed by atoms with Gasteiger partial charge in [-0.1, -0.05) is 31.7 Å². The molecule has 0 radical (unpaired) electrons. The Bertz CT molecular complexity index is 535. The Hall–Kier alpha value is -0.540. The molecule has 0 atom stereocenters. The third-order valence-corrected chi connectivity index (χ3v) is 6.60. The second kappa shape index (κ2) is 6.92. The van der Waals surface area contributed by atoms with Crippen molar-refractivity contribution in [3.05, 3.63) is 27.2 Å². The Morgan fingerprint density at radius 2 is 1.77 bits per heavy atom. The molecule has 2 N–H and O–H groups in total. The van der Waals surface area contributed by atoms with E-state index in [-0.39, 0.29) is 5.41 Å². The predicted octanol–water partition coefficient (Wildman–Crippen LogP) is 4.89. The van der Waals surface area contributed by atoms with Crippen molar-refractivity contribution in [3.63, 3.8) is 0 Å². The monoisotopic (exact) mass is 365 g/mol. The van der Waals surface area contributed by atoms with E-state index in [1.165, 1.54) is 85.4 Å². The smallest absolute Gasteiger partial charge is 0.137 e. The normalized spacial score (nSPS) is 21.0. The standard InChI is InChI=1S/C19H28BrNO/c1-22-18-16(19(13-21)10-6-3-7-11-19)12-14-8-4-2-5-9-15(14)17(18)20/h12H,2-11,13,21H2,1H3. The summed E-state index contributed by atoms with van der Waals surface area (Å²) >= 11 is 3.87. The van der Waals surface area contributed by atoms with Crippen LogP contribution in [0.3, 0.4) is 0 Å². The fourth-order valence-corrected chi connectivity index (χ4v) is 5.24. The zero-order chi connectivity index (χ0) is 15.6. The van der Waals surface area contributed by atoms with Gasteiger partial charge in [-0.2, -0.15) is 0 Å². The van der Waals surface area contributed by atoms with Crippen molar-refractivity contribution in [1.29, 1.82) is 0 Å². The highest BCUT2D eigenvalue weighted by atomic mass is 79.9. The zero-order valence-electron chi connectivity index (χ0n) is 13.7. The lowest BCUT2D eigenvalue weighted by molar-refractivity contribution is 0.287. The molecule has 122 valence electrons. The van der Waals surface area contributed by atoms with Crippen molar-refractivity contribution in [2.24, 2.45) is 5.73 Å². The summed E-state index contributed by atoms with van der Waals surface area (Å²) in [6.07, 6.45) is 12.6. The molecule has 3 heteroatoms. The number of methoxy groups -OCH3 is 1. The van der Waals surface area contributed by atoms with Gasteiger partial charge in [0.05, 0.1) is 11.6 Å². The average Bonchev–Trinajstić information content (AvgIpc) is 2.81. The van der Waals surface area contributed by atoms with Gasteiger partial charge in [0.1, 0.15) is 5.75 Å². The van der Waals surface area contributed by atoms with E-state index in [1.54, 1.807) is 7.11 Å². The summed E-state index contributed by atoms with van der Waals surface area (Å²) in [4.78, 5) is 0. The van der Waals surface area contributed by atoms with E-state index in [2.05, 4.69) is 22.0 Å². The molecule has 0 spiro atoms. The molecule has 0 aromatic heterocycles. The largest absolute Gasteiger partial charge is 0.495 e. The summed E-state index contributed by atoms with van der Waals surface area (Å²) in [5.74, 6) is 1.05. The van der Waals surface area contributed by atoms with Gasteiger partial charge in [-0.3, -0.25) is 0 Å². The fraction of sp³-hybridized carbons (Fsp3) is 0.684. The summed E-state index contributed by atoms with van der Waals surface area (Å²) in [5, 5.41) is 0. The molecule has 0 unspecified atom stereocenters. The number of aryl methyl sites for hydroxylation is 1. The van der Waals surface area contributed by atoms with Crippen LogP contribution in [0.2, 0.25) is 0 Å². The van der Waals surface area contributed by atoms with Crippen LogP contribution in [0.4, 0.5) is 0 Å². The van der Waals surface area contributed by atoms with Crippen molar-refractivity contribution in [3.8, 4) is 5.75 Å². The molecule has 2 aliphatic rings. The summed E-state index contributed by atoms with van der Waals surface area (Å²) < 4.78 is 7.06. The first-order valence-electron chi connectivity index (χ1n) is 8.80. The summed E-state index contributed by atoms with van der Waals surface area (Å²) in [6, 6.07) is 2.45. The lowest BCUT2D eigenvalue weighted by Crippen LogP contribution is -2.37. The highest BCUT2D eigenvalue weighted by molar-refractivity contribution is 9.10. The molecule has 0 aliphatic heterocycles. The Kier molecular flexibility index (Phi) is 5.13. The fourth-order valence-electron chi connectivity index (χ4n) is 4.42. The topological polar surface area (TPSA) is 35.2 Å². The van der Waals surface area contributed by atoms with Gasteiger partial charge in [0.2, 0.25) is 0 Å². The van der Waals surface area contributed by atoms with Crippen molar-refractivity contribution in [2.45, 2.75) is 69.6 Å².